The molecule has 0 aliphatic heterocycles. The van der Waals surface area contributed by atoms with Crippen molar-refractivity contribution in [3.8, 4) is 0 Å². The molecule has 1 N–H and O–H groups in total. The van der Waals surface area contributed by atoms with E-state index < -0.39 is 0 Å². The molecule has 0 spiro atoms. The number of hydrogen-bond donors (Lipinski definition) is 1. The van der Waals surface area contributed by atoms with Gasteiger partial charge in [0.05, 0.1) is 4.92 Å². The molecule has 0 aliphatic rings. The third-order valence-electron chi connectivity index (χ3n) is 2.44. The first-order chi connectivity index (χ1) is 6.57. The van der Waals surface area contributed by atoms with Crippen molar-refractivity contribution in [3.05, 3.63) is 39.4 Å². The minimum absolute atomic E-state index is 0.134. The predicted octanol–water partition coefficient (Wildman–Crippen LogP) is 2.18. The maximum atomic E-state index is 10.7. The smallest absolute Gasteiger partial charge is 0.272 e. The van der Waals surface area contributed by atoms with E-state index in [0.717, 1.165) is 11.1 Å². The number of benzene rings is 1. The maximum Gasteiger partial charge on any atom is 0.272 e. The molecule has 0 radical (unpaired) electrons. The van der Waals surface area contributed by atoms with E-state index in [9.17, 15) is 10.1 Å². The SMILES string of the molecule is CN[C@H](C)c1cccc([N+](=O)[O-])c1C. The molecule has 0 saturated heterocycles. The van der Waals surface area contributed by atoms with Crippen LogP contribution in [0.1, 0.15) is 24.1 Å². The summed E-state index contributed by atoms with van der Waals surface area (Å²) >= 11 is 0. The van der Waals surface area contributed by atoms with Crippen LogP contribution in [-0.4, -0.2) is 12.0 Å². The van der Waals surface area contributed by atoms with Gasteiger partial charge in [-0.25, -0.2) is 0 Å². The highest BCUT2D eigenvalue weighted by Crippen LogP contribution is 2.25. The van der Waals surface area contributed by atoms with Crippen LogP contribution < -0.4 is 5.32 Å². The number of hydrogen-bond acceptors (Lipinski definition) is 3. The summed E-state index contributed by atoms with van der Waals surface area (Å²) in [5.74, 6) is 0. The zero-order valence-corrected chi connectivity index (χ0v) is 8.57. The minimum atomic E-state index is -0.346. The highest BCUT2D eigenvalue weighted by Gasteiger charge is 2.15. The number of rotatable bonds is 3. The maximum absolute atomic E-state index is 10.7. The molecule has 1 aromatic rings. The summed E-state index contributed by atoms with van der Waals surface area (Å²) in [4.78, 5) is 10.3. The van der Waals surface area contributed by atoms with Crippen LogP contribution in [0.25, 0.3) is 0 Å². The molecular formula is C10H14N2O2. The van der Waals surface area contributed by atoms with E-state index in [1.54, 1.807) is 13.0 Å². The normalized spacial score (nSPS) is 12.5. The Morgan fingerprint density at radius 2 is 2.14 bits per heavy atom. The number of nitrogens with one attached hydrogen (secondary N) is 1. The fourth-order valence-electron chi connectivity index (χ4n) is 1.46. The Kier molecular flexibility index (Phi) is 3.19. The van der Waals surface area contributed by atoms with Crippen LogP contribution in [0.5, 0.6) is 0 Å². The number of nitrogens with zero attached hydrogens (tertiary/aromatic N) is 1. The van der Waals surface area contributed by atoms with E-state index in [2.05, 4.69) is 5.32 Å². The molecule has 0 fully saturated rings. The molecule has 0 aromatic heterocycles. The average molecular weight is 194 g/mol. The summed E-state index contributed by atoms with van der Waals surface area (Å²) in [6, 6.07) is 5.29. The Balaban J connectivity index is 3.20. The molecule has 1 atom stereocenters. The second-order valence-electron chi connectivity index (χ2n) is 3.26. The second kappa shape index (κ2) is 4.19. The van der Waals surface area contributed by atoms with Crippen LogP contribution in [-0.2, 0) is 0 Å². The predicted molar refractivity (Wildman–Crippen MR) is 55.3 cm³/mol. The van der Waals surface area contributed by atoms with Gasteiger partial charge in [0, 0.05) is 17.7 Å². The van der Waals surface area contributed by atoms with Gasteiger partial charge in [-0.2, -0.15) is 0 Å². The van der Waals surface area contributed by atoms with Crippen molar-refractivity contribution in [2.24, 2.45) is 0 Å². The zero-order chi connectivity index (χ0) is 10.7. The molecule has 0 amide bonds. The van der Waals surface area contributed by atoms with Gasteiger partial charge in [-0.3, -0.25) is 10.1 Å². The lowest BCUT2D eigenvalue weighted by Gasteiger charge is -2.13. The van der Waals surface area contributed by atoms with Gasteiger partial charge in [0.1, 0.15) is 0 Å². The summed E-state index contributed by atoms with van der Waals surface area (Å²) in [5.41, 5.74) is 1.89. The Morgan fingerprint density at radius 1 is 1.50 bits per heavy atom. The molecular weight excluding hydrogens is 180 g/mol. The van der Waals surface area contributed by atoms with Gasteiger partial charge in [0.2, 0.25) is 0 Å². The van der Waals surface area contributed by atoms with Crippen LogP contribution >= 0.6 is 0 Å². The van der Waals surface area contributed by atoms with Gasteiger partial charge < -0.3 is 5.32 Å². The van der Waals surface area contributed by atoms with Crippen LogP contribution in [0, 0.1) is 17.0 Å². The first-order valence-electron chi connectivity index (χ1n) is 4.49. The van der Waals surface area contributed by atoms with Gasteiger partial charge in [0.25, 0.3) is 5.69 Å². The lowest BCUT2D eigenvalue weighted by molar-refractivity contribution is -0.385. The quantitative estimate of drug-likeness (QED) is 0.592. The largest absolute Gasteiger partial charge is 0.313 e. The van der Waals surface area contributed by atoms with Crippen molar-refractivity contribution in [2.45, 2.75) is 19.9 Å². The van der Waals surface area contributed by atoms with E-state index in [0.29, 0.717) is 0 Å². The van der Waals surface area contributed by atoms with Gasteiger partial charge in [-0.05, 0) is 26.5 Å². The Labute approximate surface area is 83.1 Å². The second-order valence-corrected chi connectivity index (χ2v) is 3.26. The van der Waals surface area contributed by atoms with E-state index >= 15 is 0 Å². The summed E-state index contributed by atoms with van der Waals surface area (Å²) in [6.45, 7) is 3.76. The van der Waals surface area contributed by atoms with Crippen molar-refractivity contribution < 1.29 is 4.92 Å². The molecule has 76 valence electrons. The van der Waals surface area contributed by atoms with Crippen molar-refractivity contribution in [3.63, 3.8) is 0 Å². The van der Waals surface area contributed by atoms with E-state index in [4.69, 9.17) is 0 Å². The van der Waals surface area contributed by atoms with Crippen molar-refractivity contribution in [1.82, 2.24) is 5.32 Å². The molecule has 0 bridgehead atoms. The van der Waals surface area contributed by atoms with Crippen LogP contribution in [0.2, 0.25) is 0 Å². The van der Waals surface area contributed by atoms with Crippen molar-refractivity contribution in [1.29, 1.82) is 0 Å². The van der Waals surface area contributed by atoms with Crippen LogP contribution in [0.4, 0.5) is 5.69 Å². The fourth-order valence-corrected chi connectivity index (χ4v) is 1.46. The van der Waals surface area contributed by atoms with Crippen LogP contribution in [0.15, 0.2) is 18.2 Å². The Morgan fingerprint density at radius 3 is 2.64 bits per heavy atom. The summed E-state index contributed by atoms with van der Waals surface area (Å²) in [5, 5.41) is 13.7. The summed E-state index contributed by atoms with van der Waals surface area (Å²) in [6.07, 6.45) is 0. The van der Waals surface area contributed by atoms with Crippen molar-refractivity contribution in [2.75, 3.05) is 7.05 Å². The molecule has 0 unspecified atom stereocenters. The van der Waals surface area contributed by atoms with Gasteiger partial charge in [-0.15, -0.1) is 0 Å². The van der Waals surface area contributed by atoms with Crippen LogP contribution in [0.3, 0.4) is 0 Å². The molecule has 0 aliphatic carbocycles. The summed E-state index contributed by atoms with van der Waals surface area (Å²) < 4.78 is 0. The van der Waals surface area contributed by atoms with Gasteiger partial charge in [0.15, 0.2) is 0 Å². The standard InChI is InChI=1S/C10H14N2O2/c1-7-9(8(2)11-3)5-4-6-10(7)12(13)14/h4-6,8,11H,1-3H3/t8-/m1/s1. The highest BCUT2D eigenvalue weighted by atomic mass is 16.6. The highest BCUT2D eigenvalue weighted by molar-refractivity contribution is 5.45. The van der Waals surface area contributed by atoms with Crippen molar-refractivity contribution >= 4 is 5.69 Å². The molecule has 14 heavy (non-hydrogen) atoms. The average Bonchev–Trinajstić information content (AvgIpc) is 2.16. The summed E-state index contributed by atoms with van der Waals surface area (Å²) in [7, 11) is 1.84. The fraction of sp³-hybridized carbons (Fsp3) is 0.400. The topological polar surface area (TPSA) is 55.2 Å². The third-order valence-corrected chi connectivity index (χ3v) is 2.44. The monoisotopic (exact) mass is 194 g/mol. The van der Waals surface area contributed by atoms with E-state index in [-0.39, 0.29) is 16.7 Å². The van der Waals surface area contributed by atoms with Gasteiger partial charge >= 0.3 is 0 Å². The lowest BCUT2D eigenvalue weighted by Crippen LogP contribution is -2.14. The molecule has 4 heteroatoms. The zero-order valence-electron chi connectivity index (χ0n) is 8.57. The lowest BCUT2D eigenvalue weighted by atomic mass is 10.0. The molecule has 0 heterocycles. The Hall–Kier alpha value is -1.42. The number of nitro benzene ring substituents is 1. The molecule has 0 saturated carbocycles. The van der Waals surface area contributed by atoms with E-state index in [1.807, 2.05) is 20.0 Å². The van der Waals surface area contributed by atoms with Gasteiger partial charge in [-0.1, -0.05) is 12.1 Å². The molecule has 4 nitrogen and oxygen atoms in total. The Bertz CT molecular complexity index is 350. The molecule has 1 aromatic carbocycles. The first-order valence-corrected chi connectivity index (χ1v) is 4.49. The molecule has 1 rings (SSSR count). The first kappa shape index (κ1) is 10.7. The number of nitro groups is 1. The minimum Gasteiger partial charge on any atom is -0.313 e. The van der Waals surface area contributed by atoms with E-state index in [1.165, 1.54) is 6.07 Å². The third kappa shape index (κ3) is 1.90.